The summed E-state index contributed by atoms with van der Waals surface area (Å²) in [4.78, 5) is 6.29. The van der Waals surface area contributed by atoms with E-state index in [1.54, 1.807) is 4.88 Å². The van der Waals surface area contributed by atoms with Gasteiger partial charge < -0.3 is 5.32 Å². The van der Waals surface area contributed by atoms with Gasteiger partial charge in [0.05, 0.1) is 5.69 Å². The SMILES string of the molecule is CCNCc1nc2c(s1)C(C)CC(C)C2. The van der Waals surface area contributed by atoms with Crippen LogP contribution in [0.5, 0.6) is 0 Å². The van der Waals surface area contributed by atoms with Crippen LogP contribution in [0.25, 0.3) is 0 Å². The van der Waals surface area contributed by atoms with Crippen molar-refractivity contribution in [1.29, 1.82) is 0 Å². The van der Waals surface area contributed by atoms with Crippen molar-refractivity contribution < 1.29 is 0 Å². The maximum atomic E-state index is 4.75. The van der Waals surface area contributed by atoms with Crippen LogP contribution < -0.4 is 5.32 Å². The van der Waals surface area contributed by atoms with E-state index in [-0.39, 0.29) is 0 Å². The Kier molecular flexibility index (Phi) is 3.42. The van der Waals surface area contributed by atoms with Crippen LogP contribution in [0.1, 0.15) is 48.7 Å². The van der Waals surface area contributed by atoms with Crippen LogP contribution in [0.4, 0.5) is 0 Å². The zero-order valence-corrected chi connectivity index (χ0v) is 10.7. The zero-order valence-electron chi connectivity index (χ0n) is 9.84. The first-order chi connectivity index (χ1) is 7.20. The molecule has 2 unspecified atom stereocenters. The highest BCUT2D eigenvalue weighted by Gasteiger charge is 2.25. The molecule has 0 aromatic carbocycles. The standard InChI is InChI=1S/C12H20N2S/c1-4-13-7-11-14-10-6-8(2)5-9(3)12(10)15-11/h8-9,13H,4-7H2,1-3H3. The summed E-state index contributed by atoms with van der Waals surface area (Å²) >= 11 is 1.91. The Hall–Kier alpha value is -0.410. The average Bonchev–Trinajstić information content (AvgIpc) is 2.57. The maximum Gasteiger partial charge on any atom is 0.107 e. The number of rotatable bonds is 3. The van der Waals surface area contributed by atoms with Crippen molar-refractivity contribution in [1.82, 2.24) is 10.3 Å². The zero-order chi connectivity index (χ0) is 10.8. The van der Waals surface area contributed by atoms with Crippen molar-refractivity contribution in [3.8, 4) is 0 Å². The Morgan fingerprint density at radius 2 is 2.27 bits per heavy atom. The lowest BCUT2D eigenvalue weighted by molar-refractivity contribution is 0.449. The minimum Gasteiger partial charge on any atom is -0.311 e. The molecule has 0 spiro atoms. The molecule has 1 aliphatic rings. The van der Waals surface area contributed by atoms with Crippen LogP contribution in [-0.4, -0.2) is 11.5 Å². The van der Waals surface area contributed by atoms with E-state index in [2.05, 4.69) is 26.1 Å². The number of fused-ring (bicyclic) bond motifs is 1. The molecule has 3 heteroatoms. The Morgan fingerprint density at radius 1 is 1.47 bits per heavy atom. The lowest BCUT2D eigenvalue weighted by atomic mass is 9.86. The topological polar surface area (TPSA) is 24.9 Å². The fourth-order valence-electron chi connectivity index (χ4n) is 2.38. The minimum absolute atomic E-state index is 0.719. The van der Waals surface area contributed by atoms with Crippen LogP contribution >= 0.6 is 11.3 Å². The van der Waals surface area contributed by atoms with E-state index >= 15 is 0 Å². The van der Waals surface area contributed by atoms with Crippen LogP contribution in [0, 0.1) is 5.92 Å². The van der Waals surface area contributed by atoms with Crippen molar-refractivity contribution in [2.75, 3.05) is 6.54 Å². The maximum absolute atomic E-state index is 4.75. The number of aromatic nitrogens is 1. The van der Waals surface area contributed by atoms with E-state index in [9.17, 15) is 0 Å². The van der Waals surface area contributed by atoms with E-state index < -0.39 is 0 Å². The van der Waals surface area contributed by atoms with Crippen molar-refractivity contribution in [3.63, 3.8) is 0 Å². The predicted octanol–water partition coefficient (Wildman–Crippen LogP) is 2.94. The van der Waals surface area contributed by atoms with Gasteiger partial charge >= 0.3 is 0 Å². The van der Waals surface area contributed by atoms with E-state index in [1.807, 2.05) is 11.3 Å². The number of thiazole rings is 1. The molecule has 1 N–H and O–H groups in total. The molecule has 84 valence electrons. The molecule has 15 heavy (non-hydrogen) atoms. The second kappa shape index (κ2) is 4.62. The Bertz CT molecular complexity index is 332. The van der Waals surface area contributed by atoms with Gasteiger partial charge in [0.15, 0.2) is 0 Å². The molecule has 1 heterocycles. The molecule has 0 bridgehead atoms. The monoisotopic (exact) mass is 224 g/mol. The second-order valence-electron chi connectivity index (χ2n) is 4.64. The summed E-state index contributed by atoms with van der Waals surface area (Å²) in [7, 11) is 0. The number of nitrogens with one attached hydrogen (secondary N) is 1. The van der Waals surface area contributed by atoms with Crippen LogP contribution in [-0.2, 0) is 13.0 Å². The molecule has 2 atom stereocenters. The summed E-state index contributed by atoms with van der Waals surface area (Å²) in [5.41, 5.74) is 1.37. The van der Waals surface area contributed by atoms with Crippen molar-refractivity contribution in [2.45, 2.75) is 46.1 Å². The van der Waals surface area contributed by atoms with Crippen LogP contribution in [0.15, 0.2) is 0 Å². The van der Waals surface area contributed by atoms with Crippen molar-refractivity contribution in [3.05, 3.63) is 15.6 Å². The van der Waals surface area contributed by atoms with Gasteiger partial charge in [-0.05, 0) is 31.2 Å². The first-order valence-corrected chi connectivity index (χ1v) is 6.71. The molecule has 2 nitrogen and oxygen atoms in total. The minimum atomic E-state index is 0.719. The van der Waals surface area contributed by atoms with Gasteiger partial charge in [-0.3, -0.25) is 0 Å². The number of nitrogens with zero attached hydrogens (tertiary/aromatic N) is 1. The van der Waals surface area contributed by atoms with Gasteiger partial charge in [0.25, 0.3) is 0 Å². The third-order valence-electron chi connectivity index (χ3n) is 3.04. The molecule has 0 saturated carbocycles. The fraction of sp³-hybridized carbons (Fsp3) is 0.750. The van der Waals surface area contributed by atoms with Gasteiger partial charge in [0.2, 0.25) is 0 Å². The third-order valence-corrected chi connectivity index (χ3v) is 4.37. The van der Waals surface area contributed by atoms with Crippen LogP contribution in [0.3, 0.4) is 0 Å². The highest BCUT2D eigenvalue weighted by Crippen LogP contribution is 2.37. The first kappa shape index (κ1) is 11.1. The number of hydrogen-bond donors (Lipinski definition) is 1. The van der Waals surface area contributed by atoms with E-state index in [0.717, 1.165) is 24.9 Å². The molecule has 1 aromatic heterocycles. The Morgan fingerprint density at radius 3 is 3.00 bits per heavy atom. The van der Waals surface area contributed by atoms with Gasteiger partial charge in [-0.15, -0.1) is 11.3 Å². The molecule has 0 saturated heterocycles. The summed E-state index contributed by atoms with van der Waals surface area (Å²) in [6, 6.07) is 0. The normalized spacial score (nSPS) is 25.3. The molecular weight excluding hydrogens is 204 g/mol. The molecule has 2 rings (SSSR count). The van der Waals surface area contributed by atoms with Gasteiger partial charge in [-0.2, -0.15) is 0 Å². The molecule has 0 aliphatic heterocycles. The quantitative estimate of drug-likeness (QED) is 0.854. The average molecular weight is 224 g/mol. The van der Waals surface area contributed by atoms with Gasteiger partial charge in [0, 0.05) is 11.4 Å². The molecule has 0 fully saturated rings. The van der Waals surface area contributed by atoms with E-state index in [0.29, 0.717) is 0 Å². The van der Waals surface area contributed by atoms with E-state index in [4.69, 9.17) is 4.98 Å². The van der Waals surface area contributed by atoms with Gasteiger partial charge in [0.1, 0.15) is 5.01 Å². The lowest BCUT2D eigenvalue weighted by Crippen LogP contribution is -2.13. The molecular formula is C12H20N2S. The Balaban J connectivity index is 2.15. The first-order valence-electron chi connectivity index (χ1n) is 5.89. The molecule has 1 aromatic rings. The fourth-order valence-corrected chi connectivity index (χ4v) is 3.51. The van der Waals surface area contributed by atoms with Gasteiger partial charge in [-0.1, -0.05) is 20.8 Å². The van der Waals surface area contributed by atoms with Gasteiger partial charge in [-0.25, -0.2) is 4.98 Å². The summed E-state index contributed by atoms with van der Waals surface area (Å²) in [5.74, 6) is 1.53. The van der Waals surface area contributed by atoms with E-state index in [1.165, 1.54) is 23.5 Å². The summed E-state index contributed by atoms with van der Waals surface area (Å²) in [6.45, 7) is 8.77. The lowest BCUT2D eigenvalue weighted by Gasteiger charge is -2.22. The van der Waals surface area contributed by atoms with Crippen LogP contribution in [0.2, 0.25) is 0 Å². The molecule has 1 aliphatic carbocycles. The third kappa shape index (κ3) is 2.40. The predicted molar refractivity (Wildman–Crippen MR) is 65.4 cm³/mol. The summed E-state index contributed by atoms with van der Waals surface area (Å²) in [5, 5.41) is 4.61. The smallest absolute Gasteiger partial charge is 0.107 e. The summed E-state index contributed by atoms with van der Waals surface area (Å²) in [6.07, 6.45) is 2.51. The molecule has 0 radical (unpaired) electrons. The largest absolute Gasteiger partial charge is 0.311 e. The van der Waals surface area contributed by atoms with Crippen molar-refractivity contribution in [2.24, 2.45) is 5.92 Å². The highest BCUT2D eigenvalue weighted by molar-refractivity contribution is 7.11. The molecule has 0 amide bonds. The number of hydrogen-bond acceptors (Lipinski definition) is 3. The summed E-state index contributed by atoms with van der Waals surface area (Å²) < 4.78 is 0. The Labute approximate surface area is 96.1 Å². The second-order valence-corrected chi connectivity index (χ2v) is 5.76. The van der Waals surface area contributed by atoms with Crippen molar-refractivity contribution >= 4 is 11.3 Å². The highest BCUT2D eigenvalue weighted by atomic mass is 32.1.